The first-order valence-electron chi connectivity index (χ1n) is 9.80. The van der Waals surface area contributed by atoms with E-state index in [1.54, 1.807) is 7.11 Å². The van der Waals surface area contributed by atoms with E-state index in [9.17, 15) is 9.59 Å². The van der Waals surface area contributed by atoms with Gasteiger partial charge in [0, 0.05) is 19.7 Å². The Morgan fingerprint density at radius 3 is 2.38 bits per heavy atom. The number of carbonyl (C=O) groups excluding carboxylic acids is 2. The molecule has 0 aromatic heterocycles. The van der Waals surface area contributed by atoms with Crippen LogP contribution in [0.25, 0.3) is 0 Å². The van der Waals surface area contributed by atoms with E-state index in [4.69, 9.17) is 9.47 Å². The second-order valence-corrected chi connectivity index (χ2v) is 8.94. The minimum Gasteiger partial charge on any atom is -0.444 e. The first kappa shape index (κ1) is 22.7. The van der Waals surface area contributed by atoms with Crippen LogP contribution < -0.4 is 10.6 Å². The maximum atomic E-state index is 12.5. The lowest BCUT2D eigenvalue weighted by molar-refractivity contribution is -0.125. The van der Waals surface area contributed by atoms with Gasteiger partial charge in [-0.1, -0.05) is 27.2 Å². The van der Waals surface area contributed by atoms with Crippen molar-refractivity contribution in [2.24, 2.45) is 17.8 Å². The molecule has 152 valence electrons. The molecule has 0 unspecified atom stereocenters. The first-order chi connectivity index (χ1) is 12.0. The molecule has 1 rings (SSSR count). The van der Waals surface area contributed by atoms with Crippen molar-refractivity contribution in [2.45, 2.75) is 85.0 Å². The van der Waals surface area contributed by atoms with Crippen molar-refractivity contribution in [1.29, 1.82) is 0 Å². The van der Waals surface area contributed by atoms with E-state index in [0.717, 1.165) is 12.8 Å². The number of carbonyl (C=O) groups is 2. The molecule has 0 bridgehead atoms. The fourth-order valence-corrected chi connectivity index (χ4v) is 3.59. The average Bonchev–Trinajstić information content (AvgIpc) is 2.49. The van der Waals surface area contributed by atoms with Crippen LogP contribution in [0.1, 0.15) is 67.2 Å². The van der Waals surface area contributed by atoms with Crippen molar-refractivity contribution in [3.05, 3.63) is 0 Å². The maximum Gasteiger partial charge on any atom is 0.407 e. The summed E-state index contributed by atoms with van der Waals surface area (Å²) in [6, 6.07) is 0.225. The van der Waals surface area contributed by atoms with E-state index in [-0.39, 0.29) is 31.0 Å². The molecule has 1 aliphatic rings. The molecule has 1 saturated carbocycles. The Kier molecular flexibility index (Phi) is 8.87. The zero-order chi connectivity index (χ0) is 19.9. The topological polar surface area (TPSA) is 76.7 Å². The number of hydrogen-bond acceptors (Lipinski definition) is 4. The van der Waals surface area contributed by atoms with Gasteiger partial charge in [0.2, 0.25) is 5.91 Å². The van der Waals surface area contributed by atoms with Gasteiger partial charge in [0.25, 0.3) is 0 Å². The van der Waals surface area contributed by atoms with E-state index < -0.39 is 11.7 Å². The summed E-state index contributed by atoms with van der Waals surface area (Å²) in [6.45, 7) is 12.4. The molecule has 1 fully saturated rings. The fraction of sp³-hybridized carbons (Fsp3) is 0.900. The Bertz CT molecular complexity index is 459. The average molecular weight is 371 g/mol. The van der Waals surface area contributed by atoms with Crippen LogP contribution in [0.2, 0.25) is 0 Å². The number of alkyl carbamates (subject to hydrolysis) is 1. The summed E-state index contributed by atoms with van der Waals surface area (Å²) in [7, 11) is 1.55. The summed E-state index contributed by atoms with van der Waals surface area (Å²) in [4.78, 5) is 24.2. The van der Waals surface area contributed by atoms with Crippen LogP contribution in [0.15, 0.2) is 0 Å². The Labute approximate surface area is 158 Å². The van der Waals surface area contributed by atoms with Gasteiger partial charge in [-0.05, 0) is 51.4 Å². The Balaban J connectivity index is 2.48. The van der Waals surface area contributed by atoms with Crippen molar-refractivity contribution in [2.75, 3.05) is 13.7 Å². The van der Waals surface area contributed by atoms with Crippen LogP contribution in [0.5, 0.6) is 0 Å². The predicted octanol–water partition coefficient (Wildman–Crippen LogP) is 3.49. The number of rotatable bonds is 7. The van der Waals surface area contributed by atoms with Crippen LogP contribution >= 0.6 is 0 Å². The van der Waals surface area contributed by atoms with Crippen molar-refractivity contribution in [1.82, 2.24) is 10.6 Å². The van der Waals surface area contributed by atoms with Gasteiger partial charge in [0.05, 0.1) is 12.5 Å². The van der Waals surface area contributed by atoms with E-state index in [2.05, 4.69) is 31.4 Å². The highest BCUT2D eigenvalue weighted by atomic mass is 16.6. The van der Waals surface area contributed by atoms with E-state index in [0.29, 0.717) is 17.8 Å². The van der Waals surface area contributed by atoms with Gasteiger partial charge in [-0.25, -0.2) is 4.79 Å². The minimum absolute atomic E-state index is 0.0208. The Morgan fingerprint density at radius 2 is 1.85 bits per heavy atom. The van der Waals surface area contributed by atoms with Gasteiger partial charge in [-0.3, -0.25) is 4.79 Å². The van der Waals surface area contributed by atoms with Gasteiger partial charge in [0.1, 0.15) is 5.60 Å². The summed E-state index contributed by atoms with van der Waals surface area (Å²) >= 11 is 0. The first-order valence-corrected chi connectivity index (χ1v) is 9.80. The van der Waals surface area contributed by atoms with Gasteiger partial charge in [0.15, 0.2) is 0 Å². The third-order valence-corrected chi connectivity index (χ3v) is 4.99. The van der Waals surface area contributed by atoms with E-state index in [1.807, 2.05) is 20.8 Å². The molecule has 0 aromatic carbocycles. The summed E-state index contributed by atoms with van der Waals surface area (Å²) in [6.07, 6.45) is 2.78. The second kappa shape index (κ2) is 10.1. The number of nitrogens with one attached hydrogen (secondary N) is 2. The van der Waals surface area contributed by atoms with Gasteiger partial charge < -0.3 is 20.1 Å². The number of methoxy groups -OCH3 is 1. The van der Waals surface area contributed by atoms with E-state index >= 15 is 0 Å². The van der Waals surface area contributed by atoms with Crippen LogP contribution in [0.3, 0.4) is 0 Å². The van der Waals surface area contributed by atoms with Crippen molar-refractivity contribution in [3.8, 4) is 0 Å². The molecular formula is C20H38N2O4. The Morgan fingerprint density at radius 1 is 1.19 bits per heavy atom. The largest absolute Gasteiger partial charge is 0.444 e. The lowest BCUT2D eigenvalue weighted by atomic mass is 9.74. The third kappa shape index (κ3) is 8.39. The molecule has 2 N–H and O–H groups in total. The standard InChI is InChI=1S/C20H38N2O4/c1-13(2)16-9-8-14(3)10-17(16)22-18(23)11-15(25-7)12-21-19(24)26-20(4,5)6/h13-17H,8-12H2,1-7H3,(H,21,24)(H,22,23)/t14-,15-,16+,17+/m0/s1. The van der Waals surface area contributed by atoms with Crippen LogP contribution in [0.4, 0.5) is 4.79 Å². The number of hydrogen-bond donors (Lipinski definition) is 2. The minimum atomic E-state index is -0.548. The molecule has 0 aromatic rings. The Hall–Kier alpha value is -1.30. The molecule has 0 aliphatic heterocycles. The second-order valence-electron chi connectivity index (χ2n) is 8.94. The lowest BCUT2D eigenvalue weighted by Gasteiger charge is -2.38. The summed E-state index contributed by atoms with van der Waals surface area (Å²) in [5.74, 6) is 1.70. The molecule has 0 spiro atoms. The van der Waals surface area contributed by atoms with Crippen LogP contribution in [0, 0.1) is 17.8 Å². The zero-order valence-corrected chi connectivity index (χ0v) is 17.6. The molecule has 0 heterocycles. The molecule has 6 heteroatoms. The fourth-order valence-electron chi connectivity index (χ4n) is 3.59. The highest BCUT2D eigenvalue weighted by Gasteiger charge is 2.32. The zero-order valence-electron chi connectivity index (χ0n) is 17.6. The molecule has 6 nitrogen and oxygen atoms in total. The van der Waals surface area contributed by atoms with Gasteiger partial charge >= 0.3 is 6.09 Å². The van der Waals surface area contributed by atoms with E-state index in [1.165, 1.54) is 6.42 Å². The van der Waals surface area contributed by atoms with Gasteiger partial charge in [-0.2, -0.15) is 0 Å². The molecule has 0 radical (unpaired) electrons. The molecule has 26 heavy (non-hydrogen) atoms. The summed E-state index contributed by atoms with van der Waals surface area (Å²) in [5, 5.41) is 5.88. The van der Waals surface area contributed by atoms with Crippen LogP contribution in [-0.4, -0.2) is 43.4 Å². The highest BCUT2D eigenvalue weighted by molar-refractivity contribution is 5.77. The maximum absolute atomic E-state index is 12.5. The molecule has 1 aliphatic carbocycles. The van der Waals surface area contributed by atoms with Crippen LogP contribution in [-0.2, 0) is 14.3 Å². The summed E-state index contributed by atoms with van der Waals surface area (Å²) < 4.78 is 10.6. The molecular weight excluding hydrogens is 332 g/mol. The molecule has 4 atom stereocenters. The summed E-state index contributed by atoms with van der Waals surface area (Å²) in [5.41, 5.74) is -0.548. The number of ether oxygens (including phenoxy) is 2. The van der Waals surface area contributed by atoms with Gasteiger partial charge in [-0.15, -0.1) is 0 Å². The predicted molar refractivity (Wildman–Crippen MR) is 103 cm³/mol. The lowest BCUT2D eigenvalue weighted by Crippen LogP contribution is -2.47. The number of amides is 2. The monoisotopic (exact) mass is 370 g/mol. The highest BCUT2D eigenvalue weighted by Crippen LogP contribution is 2.33. The normalized spacial score (nSPS) is 24.8. The quantitative estimate of drug-likeness (QED) is 0.719. The smallest absolute Gasteiger partial charge is 0.407 e. The van der Waals surface area contributed by atoms with Crippen molar-refractivity contribution < 1.29 is 19.1 Å². The van der Waals surface area contributed by atoms with Crippen molar-refractivity contribution >= 4 is 12.0 Å². The van der Waals surface area contributed by atoms with Crippen molar-refractivity contribution in [3.63, 3.8) is 0 Å². The molecule has 0 saturated heterocycles. The third-order valence-electron chi connectivity index (χ3n) is 4.99. The molecule has 2 amide bonds. The SMILES string of the molecule is CO[C@H](CNC(=O)OC(C)(C)C)CC(=O)N[C@@H]1C[C@@H](C)CC[C@@H]1C(C)C.